The maximum Gasteiger partial charge on any atom is 0.411 e. The number of halogens is 2. The van der Waals surface area contributed by atoms with E-state index >= 15 is 0 Å². The Balaban J connectivity index is 1.04. The number of benzene rings is 2. The highest BCUT2D eigenvalue weighted by Gasteiger charge is 2.25. The summed E-state index contributed by atoms with van der Waals surface area (Å²) in [6.07, 6.45) is 2.05. The normalized spacial score (nSPS) is 16.3. The number of likely N-dealkylation sites (tertiary alicyclic amines) is 1. The number of hydrogen-bond acceptors (Lipinski definition) is 7. The second-order valence-electron chi connectivity index (χ2n) is 8.12. The van der Waals surface area contributed by atoms with Crippen LogP contribution in [0, 0.1) is 5.82 Å². The van der Waals surface area contributed by atoms with Crippen LogP contribution in [0.25, 0.3) is 11.0 Å². The van der Waals surface area contributed by atoms with Crippen LogP contribution in [0.1, 0.15) is 30.9 Å². The largest absolute Gasteiger partial charge is 0.454 e. The lowest BCUT2D eigenvalue weighted by Gasteiger charge is -2.31. The zero-order valence-electron chi connectivity index (χ0n) is 17.8. The van der Waals surface area contributed by atoms with Gasteiger partial charge in [0.15, 0.2) is 17.1 Å². The first-order valence-electron chi connectivity index (χ1n) is 10.9. The molecule has 0 saturated carbocycles. The number of aromatic nitrogens is 1. The predicted octanol–water partition coefficient (Wildman–Crippen LogP) is 5.17. The Morgan fingerprint density at radius 2 is 2.00 bits per heavy atom. The molecule has 0 radical (unpaired) electrons. The van der Waals surface area contributed by atoms with Crippen molar-refractivity contribution < 1.29 is 27.9 Å². The van der Waals surface area contributed by atoms with Gasteiger partial charge < -0.3 is 23.6 Å². The average Bonchev–Trinajstić information content (AvgIpc) is 3.43. The van der Waals surface area contributed by atoms with Crippen molar-refractivity contribution in [1.82, 2.24) is 10.1 Å². The lowest BCUT2D eigenvalue weighted by molar-refractivity contribution is 0.145. The number of fused-ring (bicyclic) bond motifs is 2. The fourth-order valence-electron chi connectivity index (χ4n) is 4.27. The van der Waals surface area contributed by atoms with Crippen LogP contribution >= 0.6 is 11.6 Å². The summed E-state index contributed by atoms with van der Waals surface area (Å²) < 4.78 is 34.5. The third kappa shape index (κ3) is 4.84. The number of nitrogens with zero attached hydrogens (tertiary/aromatic N) is 2. The molecule has 1 amide bonds. The van der Waals surface area contributed by atoms with Crippen LogP contribution < -0.4 is 14.8 Å². The first kappa shape index (κ1) is 21.8. The lowest BCUT2D eigenvalue weighted by atomic mass is 9.91. The van der Waals surface area contributed by atoms with Gasteiger partial charge in [0.2, 0.25) is 6.79 Å². The maximum absolute atomic E-state index is 13.4. The third-order valence-corrected chi connectivity index (χ3v) is 6.30. The van der Waals surface area contributed by atoms with E-state index in [9.17, 15) is 9.18 Å². The van der Waals surface area contributed by atoms with Gasteiger partial charge in [-0.2, -0.15) is 0 Å². The maximum atomic E-state index is 13.4. The van der Waals surface area contributed by atoms with Crippen LogP contribution in [0.4, 0.5) is 14.9 Å². The Hall–Kier alpha value is -3.04. The summed E-state index contributed by atoms with van der Waals surface area (Å²) in [4.78, 5) is 14.4. The van der Waals surface area contributed by atoms with Gasteiger partial charge in [-0.05, 0) is 44.5 Å². The number of anilines is 1. The SMILES string of the molecule is O=C(Nc1cc2c(cc1Cl)OCO2)OCCCN1CCC(c2noc3cc(F)ccc23)CC1. The Bertz CT molecular complexity index is 1160. The summed E-state index contributed by atoms with van der Waals surface area (Å²) in [5, 5.41) is 8.06. The molecular weight excluding hydrogens is 453 g/mol. The molecule has 174 valence electrons. The van der Waals surface area contributed by atoms with Gasteiger partial charge in [0.05, 0.1) is 23.0 Å². The Morgan fingerprint density at radius 3 is 2.82 bits per heavy atom. The number of nitrogens with one attached hydrogen (secondary N) is 1. The molecule has 1 aromatic heterocycles. The molecule has 8 nitrogen and oxygen atoms in total. The van der Waals surface area contributed by atoms with Gasteiger partial charge in [0, 0.05) is 36.0 Å². The van der Waals surface area contributed by atoms with Crippen LogP contribution in [0.3, 0.4) is 0 Å². The van der Waals surface area contributed by atoms with Crippen molar-refractivity contribution >= 4 is 34.4 Å². The van der Waals surface area contributed by atoms with Crippen molar-refractivity contribution in [2.24, 2.45) is 0 Å². The number of piperidine rings is 1. The van der Waals surface area contributed by atoms with Crippen molar-refractivity contribution in [1.29, 1.82) is 0 Å². The number of carbonyl (C=O) groups excluding carboxylic acids is 1. The van der Waals surface area contributed by atoms with Crippen LogP contribution in [0.15, 0.2) is 34.9 Å². The van der Waals surface area contributed by atoms with Crippen LogP contribution in [-0.2, 0) is 4.74 Å². The Labute approximate surface area is 194 Å². The summed E-state index contributed by atoms with van der Waals surface area (Å²) >= 11 is 6.16. The summed E-state index contributed by atoms with van der Waals surface area (Å²) in [6.45, 7) is 3.09. The van der Waals surface area contributed by atoms with E-state index in [2.05, 4.69) is 15.4 Å². The second kappa shape index (κ2) is 9.44. The fourth-order valence-corrected chi connectivity index (χ4v) is 4.47. The van der Waals surface area contributed by atoms with Crippen molar-refractivity contribution in [3.05, 3.63) is 46.9 Å². The summed E-state index contributed by atoms with van der Waals surface area (Å²) in [7, 11) is 0. The van der Waals surface area contributed by atoms with Gasteiger partial charge in [0.1, 0.15) is 5.82 Å². The molecule has 0 aliphatic carbocycles. The van der Waals surface area contributed by atoms with Crippen molar-refractivity contribution in [3.8, 4) is 11.5 Å². The van der Waals surface area contributed by atoms with E-state index < -0.39 is 6.09 Å². The molecule has 2 aliphatic heterocycles. The van der Waals surface area contributed by atoms with E-state index in [0.29, 0.717) is 40.3 Å². The highest BCUT2D eigenvalue weighted by Crippen LogP contribution is 2.39. The summed E-state index contributed by atoms with van der Waals surface area (Å²) in [5.74, 6) is 1.05. The second-order valence-corrected chi connectivity index (χ2v) is 8.53. The highest BCUT2D eigenvalue weighted by molar-refractivity contribution is 6.33. The highest BCUT2D eigenvalue weighted by atomic mass is 35.5. The van der Waals surface area contributed by atoms with Gasteiger partial charge in [0.25, 0.3) is 0 Å². The van der Waals surface area contributed by atoms with Crippen LogP contribution in [0.2, 0.25) is 5.02 Å². The molecule has 5 rings (SSSR count). The van der Waals surface area contributed by atoms with Gasteiger partial charge in [-0.3, -0.25) is 5.32 Å². The molecule has 0 spiro atoms. The smallest absolute Gasteiger partial charge is 0.411 e. The number of hydrogen-bond donors (Lipinski definition) is 1. The number of carbonyl (C=O) groups is 1. The molecule has 1 saturated heterocycles. The van der Waals surface area contributed by atoms with E-state index in [4.69, 9.17) is 30.3 Å². The summed E-state index contributed by atoms with van der Waals surface area (Å²) in [6, 6.07) is 7.77. The van der Waals surface area contributed by atoms with Gasteiger partial charge in [-0.25, -0.2) is 9.18 Å². The minimum atomic E-state index is -0.566. The molecule has 10 heteroatoms. The van der Waals surface area contributed by atoms with E-state index in [1.54, 1.807) is 18.2 Å². The number of amides is 1. The monoisotopic (exact) mass is 475 g/mol. The molecule has 0 unspecified atom stereocenters. The van der Waals surface area contributed by atoms with Crippen molar-refractivity contribution in [2.45, 2.75) is 25.2 Å². The molecule has 3 aromatic rings. The topological polar surface area (TPSA) is 86.1 Å². The Kier molecular flexibility index (Phi) is 6.24. The molecule has 3 heterocycles. The van der Waals surface area contributed by atoms with Gasteiger partial charge in [-0.1, -0.05) is 16.8 Å². The quantitative estimate of drug-likeness (QED) is 0.492. The van der Waals surface area contributed by atoms with Gasteiger partial charge >= 0.3 is 6.09 Å². The minimum absolute atomic E-state index is 0.131. The van der Waals surface area contributed by atoms with Crippen LogP contribution in [-0.4, -0.2) is 49.2 Å². The summed E-state index contributed by atoms with van der Waals surface area (Å²) in [5.41, 5.74) is 1.81. The standard InChI is InChI=1S/C23H23ClFN3O5/c24-17-11-20-21(32-13-31-20)12-18(17)26-23(29)30-9-1-6-28-7-4-14(5-8-28)22-16-3-2-15(25)10-19(16)33-27-22/h2-3,10-12,14H,1,4-9,13H2,(H,26,29). The third-order valence-electron chi connectivity index (χ3n) is 5.99. The molecule has 2 aromatic carbocycles. The molecule has 33 heavy (non-hydrogen) atoms. The predicted molar refractivity (Wildman–Crippen MR) is 120 cm³/mol. The Morgan fingerprint density at radius 1 is 1.21 bits per heavy atom. The number of rotatable bonds is 6. The first-order valence-corrected chi connectivity index (χ1v) is 11.2. The molecule has 1 N–H and O–H groups in total. The molecule has 0 bridgehead atoms. The molecule has 2 aliphatic rings. The minimum Gasteiger partial charge on any atom is -0.454 e. The molecular formula is C23H23ClFN3O5. The zero-order valence-corrected chi connectivity index (χ0v) is 18.6. The lowest BCUT2D eigenvalue weighted by Crippen LogP contribution is -2.34. The van der Waals surface area contributed by atoms with E-state index in [1.165, 1.54) is 12.1 Å². The van der Waals surface area contributed by atoms with E-state index in [0.717, 1.165) is 50.0 Å². The fraction of sp³-hybridized carbons (Fsp3) is 0.391. The van der Waals surface area contributed by atoms with Crippen molar-refractivity contribution in [2.75, 3.05) is 38.4 Å². The van der Waals surface area contributed by atoms with Crippen LogP contribution in [0.5, 0.6) is 11.5 Å². The van der Waals surface area contributed by atoms with E-state index in [1.807, 2.05) is 0 Å². The first-order chi connectivity index (χ1) is 16.1. The average molecular weight is 476 g/mol. The molecule has 0 atom stereocenters. The zero-order chi connectivity index (χ0) is 22.8. The number of ether oxygens (including phenoxy) is 3. The van der Waals surface area contributed by atoms with E-state index in [-0.39, 0.29) is 12.6 Å². The van der Waals surface area contributed by atoms with Crippen molar-refractivity contribution in [3.63, 3.8) is 0 Å². The molecule has 1 fully saturated rings. The van der Waals surface area contributed by atoms with Gasteiger partial charge in [-0.15, -0.1) is 0 Å².